The predicted molar refractivity (Wildman–Crippen MR) is 91.1 cm³/mol. The third-order valence-corrected chi connectivity index (χ3v) is 3.54. The number of ether oxygens (including phenoxy) is 1. The van der Waals surface area contributed by atoms with Gasteiger partial charge in [-0.3, -0.25) is 4.79 Å². The average molecular weight is 319 g/mol. The van der Waals surface area contributed by atoms with Crippen molar-refractivity contribution in [2.45, 2.75) is 45.6 Å². The summed E-state index contributed by atoms with van der Waals surface area (Å²) in [4.78, 5) is 25.9. The number of nitrogens with zero attached hydrogens (tertiary/aromatic N) is 1. The largest absolute Gasteiger partial charge is 0.495 e. The Bertz CT molecular complexity index is 593. The summed E-state index contributed by atoms with van der Waals surface area (Å²) in [6.45, 7) is 6.42. The van der Waals surface area contributed by atoms with Gasteiger partial charge >= 0.3 is 6.03 Å². The van der Waals surface area contributed by atoms with Gasteiger partial charge in [0.15, 0.2) is 0 Å². The van der Waals surface area contributed by atoms with Gasteiger partial charge in [-0.15, -0.1) is 0 Å². The fourth-order valence-electron chi connectivity index (χ4n) is 2.54. The molecule has 0 aromatic heterocycles. The Morgan fingerprint density at radius 3 is 2.61 bits per heavy atom. The zero-order valence-electron chi connectivity index (χ0n) is 14.2. The van der Waals surface area contributed by atoms with Crippen molar-refractivity contribution in [1.82, 2.24) is 5.32 Å². The van der Waals surface area contributed by atoms with Crippen molar-refractivity contribution in [3.8, 4) is 5.75 Å². The molecule has 1 aliphatic heterocycles. The van der Waals surface area contributed by atoms with Crippen LogP contribution in [-0.4, -0.2) is 31.1 Å². The lowest BCUT2D eigenvalue weighted by molar-refractivity contribution is -0.119. The van der Waals surface area contributed by atoms with Gasteiger partial charge in [0.25, 0.3) is 0 Å². The molecule has 1 heterocycles. The molecular formula is C17H25N3O3. The van der Waals surface area contributed by atoms with Crippen molar-refractivity contribution >= 4 is 23.3 Å². The molecule has 1 fully saturated rings. The number of nitrogens with one attached hydrogen (secondary N) is 2. The highest BCUT2D eigenvalue weighted by atomic mass is 16.5. The number of anilines is 2. The first-order valence-electron chi connectivity index (χ1n) is 7.88. The van der Waals surface area contributed by atoms with Gasteiger partial charge in [-0.05, 0) is 51.8 Å². The Kier molecular flexibility index (Phi) is 5.13. The van der Waals surface area contributed by atoms with E-state index in [1.54, 1.807) is 30.2 Å². The molecule has 0 radical (unpaired) electrons. The van der Waals surface area contributed by atoms with Gasteiger partial charge in [-0.1, -0.05) is 0 Å². The molecule has 1 aromatic rings. The van der Waals surface area contributed by atoms with Gasteiger partial charge in [0.2, 0.25) is 5.91 Å². The molecule has 0 saturated carbocycles. The molecule has 2 rings (SSSR count). The molecule has 3 amide bonds. The van der Waals surface area contributed by atoms with Crippen LogP contribution in [0.5, 0.6) is 5.75 Å². The lowest BCUT2D eigenvalue weighted by atomic mass is 10.1. The highest BCUT2D eigenvalue weighted by Crippen LogP contribution is 2.33. The minimum atomic E-state index is -0.317. The van der Waals surface area contributed by atoms with Crippen molar-refractivity contribution in [3.63, 3.8) is 0 Å². The van der Waals surface area contributed by atoms with E-state index in [9.17, 15) is 9.59 Å². The number of urea groups is 1. The summed E-state index contributed by atoms with van der Waals surface area (Å²) in [5.74, 6) is 0.716. The molecule has 6 nitrogen and oxygen atoms in total. The van der Waals surface area contributed by atoms with Gasteiger partial charge in [-0.2, -0.15) is 0 Å². The highest BCUT2D eigenvalue weighted by Gasteiger charge is 2.23. The molecule has 126 valence electrons. The van der Waals surface area contributed by atoms with Crippen LogP contribution in [0.15, 0.2) is 18.2 Å². The van der Waals surface area contributed by atoms with Crippen molar-refractivity contribution in [2.24, 2.45) is 0 Å². The van der Waals surface area contributed by atoms with Crippen LogP contribution >= 0.6 is 0 Å². The quantitative estimate of drug-likeness (QED) is 0.899. The van der Waals surface area contributed by atoms with E-state index in [0.29, 0.717) is 30.1 Å². The SMILES string of the molecule is COc1ccc(NC(=O)NC(C)(C)C)cc1N1CCCCC1=O. The lowest BCUT2D eigenvalue weighted by Crippen LogP contribution is -2.43. The van der Waals surface area contributed by atoms with E-state index in [-0.39, 0.29) is 17.5 Å². The van der Waals surface area contributed by atoms with Crippen LogP contribution in [0.3, 0.4) is 0 Å². The van der Waals surface area contributed by atoms with Crippen molar-refractivity contribution in [2.75, 3.05) is 23.9 Å². The van der Waals surface area contributed by atoms with Crippen molar-refractivity contribution < 1.29 is 14.3 Å². The van der Waals surface area contributed by atoms with E-state index in [4.69, 9.17) is 4.74 Å². The molecule has 6 heteroatoms. The number of amides is 3. The molecule has 1 saturated heterocycles. The minimum Gasteiger partial charge on any atom is -0.495 e. The van der Waals surface area contributed by atoms with Gasteiger partial charge in [0.1, 0.15) is 5.75 Å². The lowest BCUT2D eigenvalue weighted by Gasteiger charge is -2.28. The predicted octanol–water partition coefficient (Wildman–Crippen LogP) is 3.13. The van der Waals surface area contributed by atoms with Crippen LogP contribution in [0.25, 0.3) is 0 Å². The van der Waals surface area contributed by atoms with Crippen LogP contribution < -0.4 is 20.3 Å². The molecule has 0 aliphatic carbocycles. The fourth-order valence-corrected chi connectivity index (χ4v) is 2.54. The third-order valence-electron chi connectivity index (χ3n) is 3.54. The summed E-state index contributed by atoms with van der Waals surface area (Å²) < 4.78 is 5.37. The number of carbonyl (C=O) groups excluding carboxylic acids is 2. The number of hydrogen-bond acceptors (Lipinski definition) is 3. The summed E-state index contributed by atoms with van der Waals surface area (Å²) in [5.41, 5.74) is 1.01. The molecule has 0 spiro atoms. The van der Waals surface area contributed by atoms with E-state index in [2.05, 4.69) is 10.6 Å². The zero-order chi connectivity index (χ0) is 17.0. The molecule has 1 aromatic carbocycles. The van der Waals surface area contributed by atoms with E-state index in [1.807, 2.05) is 20.8 Å². The number of methoxy groups -OCH3 is 1. The second kappa shape index (κ2) is 6.89. The molecular weight excluding hydrogens is 294 g/mol. The van der Waals surface area contributed by atoms with Crippen LogP contribution in [0, 0.1) is 0 Å². The summed E-state index contributed by atoms with van der Waals surface area (Å²) in [7, 11) is 1.58. The maximum Gasteiger partial charge on any atom is 0.319 e. The summed E-state index contributed by atoms with van der Waals surface area (Å²) in [6.07, 6.45) is 2.44. The Morgan fingerprint density at radius 1 is 1.26 bits per heavy atom. The monoisotopic (exact) mass is 319 g/mol. The maximum absolute atomic E-state index is 12.2. The van der Waals surface area contributed by atoms with Crippen molar-refractivity contribution in [3.05, 3.63) is 18.2 Å². The van der Waals surface area contributed by atoms with Crippen LogP contribution in [-0.2, 0) is 4.79 Å². The van der Waals surface area contributed by atoms with Crippen LogP contribution in [0.2, 0.25) is 0 Å². The first kappa shape index (κ1) is 17.1. The van der Waals surface area contributed by atoms with Crippen molar-refractivity contribution in [1.29, 1.82) is 0 Å². The molecule has 0 unspecified atom stereocenters. The first-order chi connectivity index (χ1) is 10.8. The summed E-state index contributed by atoms with van der Waals surface area (Å²) in [5, 5.41) is 5.64. The van der Waals surface area contributed by atoms with E-state index >= 15 is 0 Å². The minimum absolute atomic E-state index is 0.0887. The van der Waals surface area contributed by atoms with Gasteiger partial charge < -0.3 is 20.3 Å². The molecule has 2 N–H and O–H groups in total. The standard InChI is InChI=1S/C17H25N3O3/c1-17(2,3)19-16(22)18-12-8-9-14(23-4)13(11-12)20-10-6-5-7-15(20)21/h8-9,11H,5-7,10H2,1-4H3,(H2,18,19,22). The first-order valence-corrected chi connectivity index (χ1v) is 7.88. The summed E-state index contributed by atoms with van der Waals surface area (Å²) >= 11 is 0. The Morgan fingerprint density at radius 2 is 2.00 bits per heavy atom. The molecule has 0 atom stereocenters. The van der Waals surface area contributed by atoms with E-state index in [0.717, 1.165) is 12.8 Å². The van der Waals surface area contributed by atoms with Gasteiger partial charge in [0, 0.05) is 24.2 Å². The molecule has 1 aliphatic rings. The number of hydrogen-bond donors (Lipinski definition) is 2. The Labute approximate surface area is 137 Å². The number of carbonyl (C=O) groups is 2. The average Bonchev–Trinajstić information content (AvgIpc) is 2.45. The summed E-state index contributed by atoms with van der Waals surface area (Å²) in [6, 6.07) is 5.03. The molecule has 23 heavy (non-hydrogen) atoms. The number of rotatable bonds is 3. The molecule has 0 bridgehead atoms. The van der Waals surface area contributed by atoms with E-state index < -0.39 is 0 Å². The Balaban J connectivity index is 2.21. The second-order valence-electron chi connectivity index (χ2n) is 6.72. The third kappa shape index (κ3) is 4.61. The Hall–Kier alpha value is -2.24. The number of piperidine rings is 1. The zero-order valence-corrected chi connectivity index (χ0v) is 14.2. The van der Waals surface area contributed by atoms with Gasteiger partial charge in [0.05, 0.1) is 12.8 Å². The number of benzene rings is 1. The van der Waals surface area contributed by atoms with Gasteiger partial charge in [-0.25, -0.2) is 4.79 Å². The smallest absolute Gasteiger partial charge is 0.319 e. The topological polar surface area (TPSA) is 70.7 Å². The highest BCUT2D eigenvalue weighted by molar-refractivity contribution is 5.97. The normalized spacial score (nSPS) is 15.3. The second-order valence-corrected chi connectivity index (χ2v) is 6.72. The fraction of sp³-hybridized carbons (Fsp3) is 0.529. The van der Waals surface area contributed by atoms with E-state index in [1.165, 1.54) is 0 Å². The maximum atomic E-state index is 12.2. The van der Waals surface area contributed by atoms with Crippen LogP contribution in [0.4, 0.5) is 16.2 Å². The van der Waals surface area contributed by atoms with Crippen LogP contribution in [0.1, 0.15) is 40.0 Å².